The smallest absolute Gasteiger partial charge is 0.229 e. The molecule has 0 aliphatic rings. The lowest BCUT2D eigenvalue weighted by molar-refractivity contribution is -0.356. The number of hydrogen-bond donors (Lipinski definition) is 0. The van der Waals surface area contributed by atoms with E-state index in [1.807, 2.05) is 0 Å². The molecule has 0 aliphatic carbocycles. The molecule has 0 unspecified atom stereocenters. The van der Waals surface area contributed by atoms with Crippen LogP contribution in [0.15, 0.2) is 0 Å². The molecule has 0 spiro atoms. The van der Waals surface area contributed by atoms with Crippen LogP contribution in [-0.2, 0) is 9.84 Å². The quantitative estimate of drug-likeness (QED) is 0.447. The minimum atomic E-state index is -6.84. The molecule has 0 aromatic heterocycles. The Bertz CT molecular complexity index is 586. The van der Waals surface area contributed by atoms with Gasteiger partial charge in [0.25, 0.3) is 11.3 Å². The molecule has 0 atom stereocenters. The highest BCUT2D eigenvalue weighted by Crippen LogP contribution is 2.54. The van der Waals surface area contributed by atoms with Gasteiger partial charge in [0.1, 0.15) is 9.84 Å². The minimum Gasteiger partial charge on any atom is -0.229 e. The second kappa shape index (κ2) is 7.90. The molecular weight excluding hydrogens is 474 g/mol. The third kappa shape index (κ3) is 6.47. The predicted molar refractivity (Wildman–Crippen MR) is 68.9 cm³/mol. The van der Waals surface area contributed by atoms with Gasteiger partial charge in [-0.05, 0) is 12.3 Å². The summed E-state index contributed by atoms with van der Waals surface area (Å²) in [5.41, 5.74) is -12.6. The maximum Gasteiger partial charge on any atom is 0.431 e. The van der Waals surface area contributed by atoms with Crippen LogP contribution in [0.3, 0.4) is 0 Å². The van der Waals surface area contributed by atoms with Gasteiger partial charge >= 0.3 is 24.7 Å². The summed E-state index contributed by atoms with van der Waals surface area (Å²) < 4.78 is 200. The van der Waals surface area contributed by atoms with E-state index in [9.17, 15) is 69.9 Å². The summed E-state index contributed by atoms with van der Waals surface area (Å²) in [6.45, 7) is 0. The van der Waals surface area contributed by atoms with E-state index in [4.69, 9.17) is 0 Å². The van der Waals surface area contributed by atoms with E-state index in [1.165, 1.54) is 0 Å². The average molecular weight is 486 g/mol. The summed E-state index contributed by atoms with van der Waals surface area (Å²) in [7, 11) is -4.34. The van der Waals surface area contributed by atoms with E-state index < -0.39 is 76.8 Å². The average Bonchev–Trinajstić information content (AvgIpc) is 2.38. The first-order valence-electron chi connectivity index (χ1n) is 7.11. The Morgan fingerprint density at radius 3 is 1.00 bits per heavy atom. The van der Waals surface area contributed by atoms with Crippen molar-refractivity contribution in [3.8, 4) is 0 Å². The molecule has 0 N–H and O–H groups in total. The summed E-state index contributed by atoms with van der Waals surface area (Å²) in [6.07, 6.45) is -35.0. The van der Waals surface area contributed by atoms with Crippen LogP contribution in [0, 0.1) is 5.92 Å². The van der Waals surface area contributed by atoms with Crippen molar-refractivity contribution >= 4 is 9.84 Å². The van der Waals surface area contributed by atoms with Gasteiger partial charge in [-0.2, -0.15) is 52.7 Å². The van der Waals surface area contributed by atoms with Crippen LogP contribution in [0.4, 0.5) is 61.5 Å². The lowest BCUT2D eigenvalue weighted by atomic mass is 9.81. The van der Waals surface area contributed by atoms with Crippen molar-refractivity contribution in [3.05, 3.63) is 0 Å². The largest absolute Gasteiger partial charge is 0.431 e. The van der Waals surface area contributed by atoms with Crippen molar-refractivity contribution in [1.82, 2.24) is 0 Å². The van der Waals surface area contributed by atoms with Gasteiger partial charge in [0.2, 0.25) is 0 Å². The van der Waals surface area contributed by atoms with Crippen LogP contribution >= 0.6 is 0 Å². The molecular formula is C12H12F14O2S. The van der Waals surface area contributed by atoms with Crippen LogP contribution in [0.2, 0.25) is 0 Å². The van der Waals surface area contributed by atoms with Gasteiger partial charge in [-0.1, -0.05) is 0 Å². The molecule has 0 rings (SSSR count). The van der Waals surface area contributed by atoms with E-state index in [0.717, 1.165) is 0 Å². The topological polar surface area (TPSA) is 34.1 Å². The Kier molecular flexibility index (Phi) is 7.62. The van der Waals surface area contributed by atoms with Gasteiger partial charge in [0.05, 0.1) is 5.75 Å². The van der Waals surface area contributed by atoms with Crippen molar-refractivity contribution < 1.29 is 69.9 Å². The summed E-state index contributed by atoms with van der Waals surface area (Å²) >= 11 is 0. The minimum absolute atomic E-state index is 0.302. The van der Waals surface area contributed by atoms with Gasteiger partial charge in [-0.15, -0.1) is 0 Å². The Balaban J connectivity index is 6.31. The SMILES string of the molecule is CS(=O)(=O)CCC(CC(F)(C(F)(F)F)C(F)(F)F)CC(F)(C(F)(F)F)C(F)(F)F. The number of hydrogen-bond acceptors (Lipinski definition) is 2. The highest BCUT2D eigenvalue weighted by Gasteiger charge is 2.75. The van der Waals surface area contributed by atoms with E-state index in [2.05, 4.69) is 0 Å². The second-order valence-electron chi connectivity index (χ2n) is 6.29. The molecule has 17 heteroatoms. The van der Waals surface area contributed by atoms with Crippen molar-refractivity contribution in [2.45, 2.75) is 55.3 Å². The standard InChI is InChI=1S/C12H12F14O2S/c1-29(27,28)3-2-6(4-7(13,9(15,16)17)10(18,19)20)5-8(14,11(21,22)23)12(24,25)26/h6H,2-5H2,1H3. The molecule has 0 bridgehead atoms. The van der Waals surface area contributed by atoms with Crippen molar-refractivity contribution in [2.75, 3.05) is 12.0 Å². The van der Waals surface area contributed by atoms with Gasteiger partial charge < -0.3 is 0 Å². The maximum absolute atomic E-state index is 13.8. The van der Waals surface area contributed by atoms with E-state index in [1.54, 1.807) is 0 Å². The van der Waals surface area contributed by atoms with Crippen molar-refractivity contribution in [2.24, 2.45) is 5.92 Å². The Hall–Kier alpha value is -1.03. The molecule has 0 saturated carbocycles. The summed E-state index contributed by atoms with van der Waals surface area (Å²) in [5.74, 6) is -4.78. The van der Waals surface area contributed by atoms with Crippen molar-refractivity contribution in [3.63, 3.8) is 0 Å². The molecule has 0 aromatic rings. The number of rotatable bonds is 7. The Labute approximate surface area is 154 Å². The number of sulfone groups is 1. The first-order chi connectivity index (χ1) is 12.3. The summed E-state index contributed by atoms with van der Waals surface area (Å²) in [5, 5.41) is 0. The van der Waals surface area contributed by atoms with Crippen molar-refractivity contribution in [1.29, 1.82) is 0 Å². The maximum atomic E-state index is 13.8. The monoisotopic (exact) mass is 486 g/mol. The predicted octanol–water partition coefficient (Wildman–Crippen LogP) is 5.48. The highest BCUT2D eigenvalue weighted by molar-refractivity contribution is 7.90. The molecule has 2 nitrogen and oxygen atoms in total. The van der Waals surface area contributed by atoms with Gasteiger partial charge in [-0.25, -0.2) is 17.2 Å². The molecule has 0 saturated heterocycles. The van der Waals surface area contributed by atoms with Crippen LogP contribution in [0.5, 0.6) is 0 Å². The second-order valence-corrected chi connectivity index (χ2v) is 8.55. The lowest BCUT2D eigenvalue weighted by Gasteiger charge is -2.37. The number of halogens is 14. The summed E-state index contributed by atoms with van der Waals surface area (Å²) in [6, 6.07) is 0. The van der Waals surface area contributed by atoms with E-state index in [0.29, 0.717) is 6.26 Å². The third-order valence-electron chi connectivity index (χ3n) is 3.83. The molecule has 0 fully saturated rings. The molecule has 176 valence electrons. The van der Waals surface area contributed by atoms with Crippen LogP contribution in [0.1, 0.15) is 19.3 Å². The van der Waals surface area contributed by atoms with Crippen LogP contribution in [-0.4, -0.2) is 56.5 Å². The normalized spacial score (nSPS) is 15.9. The number of alkyl halides is 14. The molecule has 0 aliphatic heterocycles. The summed E-state index contributed by atoms with van der Waals surface area (Å²) in [4.78, 5) is 0. The Morgan fingerprint density at radius 2 is 0.828 bits per heavy atom. The van der Waals surface area contributed by atoms with Gasteiger partial charge in [-0.3, -0.25) is 0 Å². The van der Waals surface area contributed by atoms with Gasteiger partial charge in [0, 0.05) is 19.1 Å². The molecule has 0 aromatic carbocycles. The van der Waals surface area contributed by atoms with Crippen LogP contribution in [0.25, 0.3) is 0 Å². The molecule has 0 amide bonds. The zero-order valence-electron chi connectivity index (χ0n) is 13.9. The van der Waals surface area contributed by atoms with E-state index in [-0.39, 0.29) is 0 Å². The van der Waals surface area contributed by atoms with Gasteiger partial charge in [0.15, 0.2) is 0 Å². The van der Waals surface area contributed by atoms with Crippen LogP contribution < -0.4 is 0 Å². The highest BCUT2D eigenvalue weighted by atomic mass is 32.2. The fourth-order valence-corrected chi connectivity index (χ4v) is 3.00. The fraction of sp³-hybridized carbons (Fsp3) is 1.00. The van der Waals surface area contributed by atoms with E-state index >= 15 is 0 Å². The zero-order valence-corrected chi connectivity index (χ0v) is 14.7. The third-order valence-corrected chi connectivity index (χ3v) is 4.81. The Morgan fingerprint density at radius 1 is 0.586 bits per heavy atom. The lowest BCUT2D eigenvalue weighted by Crippen LogP contribution is -2.57. The first kappa shape index (κ1) is 28.0. The molecule has 0 radical (unpaired) electrons. The first-order valence-corrected chi connectivity index (χ1v) is 9.17. The zero-order chi connectivity index (χ0) is 23.9. The fourth-order valence-electron chi connectivity index (χ4n) is 2.24. The molecule has 0 heterocycles. The molecule has 29 heavy (non-hydrogen) atoms.